The van der Waals surface area contributed by atoms with E-state index < -0.39 is 0 Å². The summed E-state index contributed by atoms with van der Waals surface area (Å²) in [5, 5.41) is 0. The van der Waals surface area contributed by atoms with Gasteiger partial charge in [0.05, 0.1) is 6.61 Å². The zero-order valence-electron chi connectivity index (χ0n) is 11.7. The molecule has 0 N–H and O–H groups in total. The number of likely N-dealkylation sites (tertiary alicyclic amines) is 1. The molecule has 0 aromatic rings. The Balaban J connectivity index is 1.78. The van der Waals surface area contributed by atoms with E-state index in [4.69, 9.17) is 4.74 Å². The third kappa shape index (κ3) is 3.71. The van der Waals surface area contributed by atoms with Crippen LogP contribution in [0.4, 0.5) is 0 Å². The number of hydrogen-bond acceptors (Lipinski definition) is 2. The van der Waals surface area contributed by atoms with Gasteiger partial charge < -0.3 is 9.64 Å². The maximum absolute atomic E-state index is 12.5. The topological polar surface area (TPSA) is 29.5 Å². The number of carbonyl (C=O) groups excluding carboxylic acids is 1. The Morgan fingerprint density at radius 2 is 1.89 bits per heavy atom. The number of rotatable bonds is 4. The van der Waals surface area contributed by atoms with E-state index in [1.165, 1.54) is 25.7 Å². The third-order valence-electron chi connectivity index (χ3n) is 4.36. The van der Waals surface area contributed by atoms with Crippen LogP contribution in [-0.2, 0) is 9.53 Å². The van der Waals surface area contributed by atoms with E-state index in [2.05, 4.69) is 4.90 Å². The van der Waals surface area contributed by atoms with Crippen molar-refractivity contribution < 1.29 is 9.53 Å². The van der Waals surface area contributed by atoms with Crippen LogP contribution in [0.5, 0.6) is 0 Å². The minimum atomic E-state index is 0.318. The SMILES string of the molecule is CCOCC1CCN(C(=O)C2CCCCCC2)C1. The smallest absolute Gasteiger partial charge is 0.225 e. The lowest BCUT2D eigenvalue weighted by atomic mass is 9.99. The Morgan fingerprint density at radius 1 is 1.17 bits per heavy atom. The lowest BCUT2D eigenvalue weighted by Crippen LogP contribution is -2.34. The first-order valence-corrected chi connectivity index (χ1v) is 7.67. The van der Waals surface area contributed by atoms with Crippen LogP contribution in [0.15, 0.2) is 0 Å². The fraction of sp³-hybridized carbons (Fsp3) is 0.933. The van der Waals surface area contributed by atoms with Crippen molar-refractivity contribution in [2.45, 2.75) is 51.9 Å². The van der Waals surface area contributed by atoms with Gasteiger partial charge in [0.25, 0.3) is 0 Å². The Morgan fingerprint density at radius 3 is 2.56 bits per heavy atom. The van der Waals surface area contributed by atoms with Gasteiger partial charge in [-0.15, -0.1) is 0 Å². The fourth-order valence-electron chi connectivity index (χ4n) is 3.24. The number of amides is 1. The van der Waals surface area contributed by atoms with Crippen molar-refractivity contribution in [1.82, 2.24) is 4.90 Å². The molecule has 2 aliphatic rings. The van der Waals surface area contributed by atoms with Gasteiger partial charge in [-0.3, -0.25) is 4.79 Å². The van der Waals surface area contributed by atoms with E-state index in [1.54, 1.807) is 0 Å². The highest BCUT2D eigenvalue weighted by atomic mass is 16.5. The first kappa shape index (κ1) is 13.9. The van der Waals surface area contributed by atoms with Crippen molar-refractivity contribution in [3.8, 4) is 0 Å². The van der Waals surface area contributed by atoms with Crippen LogP contribution < -0.4 is 0 Å². The van der Waals surface area contributed by atoms with Crippen molar-refractivity contribution in [2.24, 2.45) is 11.8 Å². The summed E-state index contributed by atoms with van der Waals surface area (Å²) in [6.07, 6.45) is 8.47. The number of hydrogen-bond donors (Lipinski definition) is 0. The van der Waals surface area contributed by atoms with E-state index >= 15 is 0 Å². The summed E-state index contributed by atoms with van der Waals surface area (Å²) in [5.41, 5.74) is 0. The molecule has 0 bridgehead atoms. The zero-order valence-corrected chi connectivity index (χ0v) is 11.7. The van der Waals surface area contributed by atoms with Crippen LogP contribution in [0.25, 0.3) is 0 Å². The van der Waals surface area contributed by atoms with Gasteiger partial charge in [0.1, 0.15) is 0 Å². The van der Waals surface area contributed by atoms with Gasteiger partial charge in [-0.1, -0.05) is 25.7 Å². The number of ether oxygens (including phenoxy) is 1. The van der Waals surface area contributed by atoms with Crippen molar-refractivity contribution >= 4 is 5.91 Å². The van der Waals surface area contributed by atoms with Crippen molar-refractivity contribution in [1.29, 1.82) is 0 Å². The van der Waals surface area contributed by atoms with Gasteiger partial charge >= 0.3 is 0 Å². The van der Waals surface area contributed by atoms with Gasteiger partial charge in [-0.25, -0.2) is 0 Å². The second-order valence-corrected chi connectivity index (χ2v) is 5.79. The standard InChI is InChI=1S/C15H27NO2/c1-2-18-12-13-9-10-16(11-13)15(17)14-7-5-3-4-6-8-14/h13-14H,2-12H2,1H3. The van der Waals surface area contributed by atoms with E-state index in [0.717, 1.165) is 45.6 Å². The monoisotopic (exact) mass is 253 g/mol. The predicted molar refractivity (Wildman–Crippen MR) is 72.4 cm³/mol. The summed E-state index contributed by atoms with van der Waals surface area (Å²) in [6.45, 7) is 5.52. The van der Waals surface area contributed by atoms with Gasteiger partial charge in [0, 0.05) is 31.5 Å². The molecule has 104 valence electrons. The first-order valence-electron chi connectivity index (χ1n) is 7.67. The molecule has 2 fully saturated rings. The van der Waals surface area contributed by atoms with Crippen LogP contribution in [0.3, 0.4) is 0 Å². The van der Waals surface area contributed by atoms with Crippen molar-refractivity contribution in [3.63, 3.8) is 0 Å². The van der Waals surface area contributed by atoms with Gasteiger partial charge in [-0.2, -0.15) is 0 Å². The molecule has 1 saturated carbocycles. The molecule has 18 heavy (non-hydrogen) atoms. The second kappa shape index (κ2) is 7.13. The average molecular weight is 253 g/mol. The van der Waals surface area contributed by atoms with Crippen molar-refractivity contribution in [2.75, 3.05) is 26.3 Å². The molecule has 0 aromatic carbocycles. The highest BCUT2D eigenvalue weighted by molar-refractivity contribution is 5.79. The normalized spacial score (nSPS) is 26.3. The highest BCUT2D eigenvalue weighted by Crippen LogP contribution is 2.27. The Kier molecular flexibility index (Phi) is 5.48. The van der Waals surface area contributed by atoms with Crippen LogP contribution in [0.2, 0.25) is 0 Å². The fourth-order valence-corrected chi connectivity index (χ4v) is 3.24. The molecule has 1 saturated heterocycles. The maximum Gasteiger partial charge on any atom is 0.225 e. The maximum atomic E-state index is 12.5. The molecule has 1 atom stereocenters. The van der Waals surface area contributed by atoms with E-state index in [1.807, 2.05) is 6.92 Å². The summed E-state index contributed by atoms with van der Waals surface area (Å²) in [6, 6.07) is 0. The molecule has 0 radical (unpaired) electrons. The molecule has 0 spiro atoms. The highest BCUT2D eigenvalue weighted by Gasteiger charge is 2.30. The molecule has 3 heteroatoms. The molecule has 1 aliphatic carbocycles. The average Bonchev–Trinajstić information content (AvgIpc) is 2.69. The van der Waals surface area contributed by atoms with Crippen LogP contribution >= 0.6 is 0 Å². The molecule has 1 aliphatic heterocycles. The predicted octanol–water partition coefficient (Wildman–Crippen LogP) is 2.84. The second-order valence-electron chi connectivity index (χ2n) is 5.79. The van der Waals surface area contributed by atoms with Crippen LogP contribution in [-0.4, -0.2) is 37.1 Å². The largest absolute Gasteiger partial charge is 0.381 e. The molecule has 0 aromatic heterocycles. The molecule has 2 rings (SSSR count). The Hall–Kier alpha value is -0.570. The summed E-state index contributed by atoms with van der Waals surface area (Å²) in [7, 11) is 0. The lowest BCUT2D eigenvalue weighted by molar-refractivity contribution is -0.135. The summed E-state index contributed by atoms with van der Waals surface area (Å²) in [4.78, 5) is 14.6. The van der Waals surface area contributed by atoms with Crippen molar-refractivity contribution in [3.05, 3.63) is 0 Å². The lowest BCUT2D eigenvalue weighted by Gasteiger charge is -2.22. The number of nitrogens with zero attached hydrogens (tertiary/aromatic N) is 1. The van der Waals surface area contributed by atoms with Gasteiger partial charge in [0.2, 0.25) is 5.91 Å². The quantitative estimate of drug-likeness (QED) is 0.721. The van der Waals surface area contributed by atoms with E-state index in [0.29, 0.717) is 17.7 Å². The summed E-state index contributed by atoms with van der Waals surface area (Å²) >= 11 is 0. The van der Waals surface area contributed by atoms with Crippen LogP contribution in [0, 0.1) is 11.8 Å². The molecule has 1 amide bonds. The molecular weight excluding hydrogens is 226 g/mol. The van der Waals surface area contributed by atoms with Gasteiger partial charge in [-0.05, 0) is 26.2 Å². The first-order chi connectivity index (χ1) is 8.81. The Bertz CT molecular complexity index is 259. The number of carbonyl (C=O) groups is 1. The minimum Gasteiger partial charge on any atom is -0.381 e. The third-order valence-corrected chi connectivity index (χ3v) is 4.36. The molecule has 1 heterocycles. The molecule has 1 unspecified atom stereocenters. The van der Waals surface area contributed by atoms with Crippen LogP contribution in [0.1, 0.15) is 51.9 Å². The summed E-state index contributed by atoms with van der Waals surface area (Å²) < 4.78 is 5.47. The van der Waals surface area contributed by atoms with E-state index in [9.17, 15) is 4.79 Å². The zero-order chi connectivity index (χ0) is 12.8. The molecular formula is C15H27NO2. The summed E-state index contributed by atoms with van der Waals surface area (Å²) in [5.74, 6) is 1.31. The Labute approximate surface area is 111 Å². The van der Waals surface area contributed by atoms with Gasteiger partial charge in [0.15, 0.2) is 0 Å². The minimum absolute atomic E-state index is 0.318. The van der Waals surface area contributed by atoms with E-state index in [-0.39, 0.29) is 0 Å². The molecule has 3 nitrogen and oxygen atoms in total.